The summed E-state index contributed by atoms with van der Waals surface area (Å²) in [5.74, 6) is 0.951. The highest BCUT2D eigenvalue weighted by Crippen LogP contribution is 2.30. The highest BCUT2D eigenvalue weighted by molar-refractivity contribution is 9.10. The lowest BCUT2D eigenvalue weighted by atomic mass is 10.1. The van der Waals surface area contributed by atoms with Gasteiger partial charge in [-0.2, -0.15) is 0 Å². The van der Waals surface area contributed by atoms with Gasteiger partial charge in [-0.25, -0.2) is 0 Å². The van der Waals surface area contributed by atoms with Gasteiger partial charge in [-0.05, 0) is 47.3 Å². The maximum atomic E-state index is 6.07. The summed E-state index contributed by atoms with van der Waals surface area (Å²) in [6.45, 7) is 3.57. The molecule has 0 aromatic heterocycles. The third kappa shape index (κ3) is 4.08. The molecule has 110 valence electrons. The molecular formula is C18H20BrNO. The van der Waals surface area contributed by atoms with Gasteiger partial charge in [0, 0.05) is 18.2 Å². The Morgan fingerprint density at radius 3 is 2.76 bits per heavy atom. The average molecular weight is 346 g/mol. The molecule has 0 atom stereocenters. The van der Waals surface area contributed by atoms with E-state index in [1.54, 1.807) is 0 Å². The van der Waals surface area contributed by atoms with E-state index in [-0.39, 0.29) is 0 Å². The molecule has 0 bridgehead atoms. The number of benzene rings is 2. The number of nitrogens with one attached hydrogen (secondary N) is 1. The molecule has 0 spiro atoms. The predicted molar refractivity (Wildman–Crippen MR) is 89.5 cm³/mol. The fraction of sp³-hybridized carbons (Fsp3) is 0.333. The Kier molecular flexibility index (Phi) is 4.61. The van der Waals surface area contributed by atoms with Crippen molar-refractivity contribution in [2.45, 2.75) is 39.0 Å². The molecule has 2 aromatic carbocycles. The van der Waals surface area contributed by atoms with E-state index in [2.05, 4.69) is 64.6 Å². The quantitative estimate of drug-likeness (QED) is 0.826. The lowest BCUT2D eigenvalue weighted by molar-refractivity contribution is 0.300. The lowest BCUT2D eigenvalue weighted by Crippen LogP contribution is -2.16. The number of ether oxygens (including phenoxy) is 1. The summed E-state index contributed by atoms with van der Waals surface area (Å²) in [5, 5.41) is 3.55. The van der Waals surface area contributed by atoms with Gasteiger partial charge < -0.3 is 10.1 Å². The second-order valence-corrected chi connectivity index (χ2v) is 6.52. The maximum Gasteiger partial charge on any atom is 0.138 e. The molecule has 1 fully saturated rings. The van der Waals surface area contributed by atoms with Crippen LogP contribution in [0.25, 0.3) is 0 Å². The summed E-state index contributed by atoms with van der Waals surface area (Å²) in [5.41, 5.74) is 3.68. The molecule has 0 heterocycles. The zero-order chi connectivity index (χ0) is 14.7. The second-order valence-electron chi connectivity index (χ2n) is 5.66. The van der Waals surface area contributed by atoms with Crippen molar-refractivity contribution < 1.29 is 4.74 Å². The smallest absolute Gasteiger partial charge is 0.138 e. The van der Waals surface area contributed by atoms with Crippen LogP contribution in [0.1, 0.15) is 29.5 Å². The first-order valence-electron chi connectivity index (χ1n) is 7.41. The van der Waals surface area contributed by atoms with E-state index >= 15 is 0 Å². The van der Waals surface area contributed by atoms with Crippen molar-refractivity contribution in [1.29, 1.82) is 0 Å². The van der Waals surface area contributed by atoms with Gasteiger partial charge in [0.15, 0.2) is 0 Å². The first kappa shape index (κ1) is 14.6. The molecule has 2 nitrogen and oxygen atoms in total. The highest BCUT2D eigenvalue weighted by Gasteiger charge is 2.21. The number of hydrogen-bond donors (Lipinski definition) is 1. The molecule has 1 aliphatic carbocycles. The molecule has 0 radical (unpaired) electrons. The van der Waals surface area contributed by atoms with Crippen molar-refractivity contribution in [3.8, 4) is 5.75 Å². The Balaban J connectivity index is 1.70. The molecule has 0 aliphatic heterocycles. The second kappa shape index (κ2) is 6.63. The zero-order valence-corrected chi connectivity index (χ0v) is 13.8. The molecule has 0 unspecified atom stereocenters. The number of aryl methyl sites for hydroxylation is 1. The first-order valence-corrected chi connectivity index (χ1v) is 8.21. The summed E-state index contributed by atoms with van der Waals surface area (Å²) in [6.07, 6.45) is 2.60. The minimum Gasteiger partial charge on any atom is -0.487 e. The molecule has 3 rings (SSSR count). The van der Waals surface area contributed by atoms with E-state index in [0.29, 0.717) is 12.6 Å². The Hall–Kier alpha value is -1.32. The largest absolute Gasteiger partial charge is 0.487 e. The van der Waals surface area contributed by atoms with Crippen LogP contribution in [-0.4, -0.2) is 6.04 Å². The predicted octanol–water partition coefficient (Wildman–Crippen LogP) is 4.59. The molecule has 21 heavy (non-hydrogen) atoms. The number of halogens is 1. The standard InChI is InChI=1S/C18H20BrNO/c1-13-4-2-5-14(10-13)12-21-18-15(6-3-7-17(18)19)11-20-16-8-9-16/h2-7,10,16,20H,8-9,11-12H2,1H3. The van der Waals surface area contributed by atoms with E-state index in [9.17, 15) is 0 Å². The van der Waals surface area contributed by atoms with E-state index in [4.69, 9.17) is 4.74 Å². The van der Waals surface area contributed by atoms with Gasteiger partial charge in [-0.15, -0.1) is 0 Å². The summed E-state index contributed by atoms with van der Waals surface area (Å²) in [7, 11) is 0. The van der Waals surface area contributed by atoms with E-state index in [1.165, 1.54) is 29.5 Å². The van der Waals surface area contributed by atoms with Gasteiger partial charge in [0.2, 0.25) is 0 Å². The molecule has 1 saturated carbocycles. The first-order chi connectivity index (χ1) is 10.2. The van der Waals surface area contributed by atoms with Crippen LogP contribution in [0.5, 0.6) is 5.75 Å². The van der Waals surface area contributed by atoms with Crippen molar-refractivity contribution in [2.24, 2.45) is 0 Å². The summed E-state index contributed by atoms with van der Waals surface area (Å²) < 4.78 is 7.09. The number of para-hydroxylation sites is 1. The monoisotopic (exact) mass is 345 g/mol. The van der Waals surface area contributed by atoms with Crippen molar-refractivity contribution >= 4 is 15.9 Å². The fourth-order valence-electron chi connectivity index (χ4n) is 2.35. The van der Waals surface area contributed by atoms with Crippen LogP contribution in [0.2, 0.25) is 0 Å². The molecular weight excluding hydrogens is 326 g/mol. The van der Waals surface area contributed by atoms with Crippen molar-refractivity contribution in [3.05, 3.63) is 63.6 Å². The molecule has 1 aliphatic rings. The van der Waals surface area contributed by atoms with Gasteiger partial charge in [0.05, 0.1) is 4.47 Å². The molecule has 0 saturated heterocycles. The number of rotatable bonds is 6. The highest BCUT2D eigenvalue weighted by atomic mass is 79.9. The van der Waals surface area contributed by atoms with Gasteiger partial charge in [0.25, 0.3) is 0 Å². The maximum absolute atomic E-state index is 6.07. The van der Waals surface area contributed by atoms with E-state index in [0.717, 1.165) is 16.8 Å². The van der Waals surface area contributed by atoms with E-state index < -0.39 is 0 Å². The summed E-state index contributed by atoms with van der Waals surface area (Å²) >= 11 is 3.61. The topological polar surface area (TPSA) is 21.3 Å². The van der Waals surface area contributed by atoms with Gasteiger partial charge in [0.1, 0.15) is 12.4 Å². The van der Waals surface area contributed by atoms with Crippen LogP contribution in [0.4, 0.5) is 0 Å². The van der Waals surface area contributed by atoms with Gasteiger partial charge in [-0.3, -0.25) is 0 Å². The fourth-order valence-corrected chi connectivity index (χ4v) is 2.88. The van der Waals surface area contributed by atoms with Gasteiger partial charge in [-0.1, -0.05) is 42.0 Å². The lowest BCUT2D eigenvalue weighted by Gasteiger charge is -2.14. The Labute approximate surface area is 134 Å². The zero-order valence-electron chi connectivity index (χ0n) is 12.2. The minimum atomic E-state index is 0.598. The molecule has 3 heteroatoms. The van der Waals surface area contributed by atoms with Crippen LogP contribution < -0.4 is 10.1 Å². The molecule has 0 amide bonds. The van der Waals surface area contributed by atoms with E-state index in [1.807, 2.05) is 6.07 Å². The number of hydrogen-bond acceptors (Lipinski definition) is 2. The van der Waals surface area contributed by atoms with Crippen molar-refractivity contribution in [3.63, 3.8) is 0 Å². The van der Waals surface area contributed by atoms with Crippen LogP contribution in [0.3, 0.4) is 0 Å². The molecule has 1 N–H and O–H groups in total. The Bertz CT molecular complexity index is 622. The van der Waals surface area contributed by atoms with Crippen LogP contribution in [-0.2, 0) is 13.2 Å². The van der Waals surface area contributed by atoms with Gasteiger partial charge >= 0.3 is 0 Å². The minimum absolute atomic E-state index is 0.598. The third-order valence-electron chi connectivity index (χ3n) is 3.67. The third-order valence-corrected chi connectivity index (χ3v) is 4.30. The van der Waals surface area contributed by atoms with Crippen LogP contribution in [0, 0.1) is 6.92 Å². The summed E-state index contributed by atoms with van der Waals surface area (Å²) in [6, 6.07) is 15.4. The van der Waals surface area contributed by atoms with Crippen LogP contribution in [0.15, 0.2) is 46.9 Å². The normalized spacial score (nSPS) is 14.2. The Morgan fingerprint density at radius 1 is 1.19 bits per heavy atom. The van der Waals surface area contributed by atoms with Crippen LogP contribution >= 0.6 is 15.9 Å². The average Bonchev–Trinajstić information content (AvgIpc) is 3.28. The van der Waals surface area contributed by atoms with Crippen molar-refractivity contribution in [2.75, 3.05) is 0 Å². The van der Waals surface area contributed by atoms with Crippen molar-refractivity contribution in [1.82, 2.24) is 5.32 Å². The summed E-state index contributed by atoms with van der Waals surface area (Å²) in [4.78, 5) is 0. The Morgan fingerprint density at radius 2 is 2.00 bits per heavy atom. The molecule has 2 aromatic rings. The SMILES string of the molecule is Cc1cccc(COc2c(Br)cccc2CNC2CC2)c1.